The number of hydrogen-bond donors (Lipinski definition) is 0. The van der Waals surface area contributed by atoms with Crippen molar-refractivity contribution in [1.29, 1.82) is 5.26 Å². The van der Waals surface area contributed by atoms with Gasteiger partial charge in [-0.1, -0.05) is 24.3 Å². The van der Waals surface area contributed by atoms with Crippen molar-refractivity contribution in [1.82, 2.24) is 14.5 Å². The van der Waals surface area contributed by atoms with Crippen molar-refractivity contribution >= 4 is 21.8 Å². The van der Waals surface area contributed by atoms with Crippen molar-refractivity contribution in [2.75, 3.05) is 0 Å². The minimum Gasteiger partial charge on any atom is -0.321 e. The monoisotopic (exact) mass is 310 g/mol. The summed E-state index contributed by atoms with van der Waals surface area (Å²) in [5.74, 6) is 0.951. The van der Waals surface area contributed by atoms with Gasteiger partial charge in [0.15, 0.2) is 0 Å². The smallest absolute Gasteiger partial charge is 0.143 e. The first-order valence-corrected chi connectivity index (χ1v) is 8.10. The van der Waals surface area contributed by atoms with Gasteiger partial charge in [-0.25, -0.2) is 4.98 Å². The predicted octanol–water partition coefficient (Wildman–Crippen LogP) is 4.46. The minimum atomic E-state index is 0.470. The number of imidazole rings is 1. The Morgan fingerprint density at radius 1 is 1.08 bits per heavy atom. The molecule has 1 aliphatic carbocycles. The van der Waals surface area contributed by atoms with Crippen LogP contribution in [0.2, 0.25) is 0 Å². The summed E-state index contributed by atoms with van der Waals surface area (Å²) in [5.41, 5.74) is 3.70. The molecule has 0 N–H and O–H groups in total. The summed E-state index contributed by atoms with van der Waals surface area (Å²) in [5, 5.41) is 11.5. The Labute approximate surface area is 139 Å². The maximum absolute atomic E-state index is 9.22. The van der Waals surface area contributed by atoms with Crippen LogP contribution in [0.1, 0.15) is 24.4 Å². The molecule has 0 spiro atoms. The van der Waals surface area contributed by atoms with Crippen LogP contribution in [0.15, 0.2) is 54.9 Å². The van der Waals surface area contributed by atoms with Gasteiger partial charge in [-0.2, -0.15) is 5.26 Å². The van der Waals surface area contributed by atoms with E-state index in [0.29, 0.717) is 11.6 Å². The summed E-state index contributed by atoms with van der Waals surface area (Å²) < 4.78 is 2.29. The molecule has 4 heteroatoms. The number of nitriles is 1. The van der Waals surface area contributed by atoms with Gasteiger partial charge < -0.3 is 4.57 Å². The Balaban J connectivity index is 1.86. The SMILES string of the molecule is N#Cc1ccc2nc(-c3cncc4ccccc34)n(C3CC3)c2c1. The molecule has 114 valence electrons. The molecule has 2 aromatic heterocycles. The van der Waals surface area contributed by atoms with E-state index in [-0.39, 0.29) is 0 Å². The molecular formula is C20H14N4. The molecule has 1 aliphatic rings. The fourth-order valence-corrected chi connectivity index (χ4v) is 3.35. The highest BCUT2D eigenvalue weighted by Gasteiger charge is 2.29. The zero-order valence-electron chi connectivity index (χ0n) is 13.0. The van der Waals surface area contributed by atoms with Gasteiger partial charge in [0.1, 0.15) is 5.82 Å². The molecule has 0 atom stereocenters. The second-order valence-corrected chi connectivity index (χ2v) is 6.26. The van der Waals surface area contributed by atoms with Crippen LogP contribution in [-0.2, 0) is 0 Å². The maximum Gasteiger partial charge on any atom is 0.143 e. The van der Waals surface area contributed by atoms with E-state index in [1.807, 2.05) is 42.7 Å². The Morgan fingerprint density at radius 3 is 2.79 bits per heavy atom. The lowest BCUT2D eigenvalue weighted by Gasteiger charge is -2.10. The molecule has 1 saturated carbocycles. The van der Waals surface area contributed by atoms with Gasteiger partial charge in [0.2, 0.25) is 0 Å². The van der Waals surface area contributed by atoms with Gasteiger partial charge in [-0.15, -0.1) is 0 Å². The van der Waals surface area contributed by atoms with E-state index < -0.39 is 0 Å². The largest absolute Gasteiger partial charge is 0.321 e. The van der Waals surface area contributed by atoms with Crippen molar-refractivity contribution in [2.24, 2.45) is 0 Å². The minimum absolute atomic E-state index is 0.470. The van der Waals surface area contributed by atoms with E-state index in [4.69, 9.17) is 4.98 Å². The quantitative estimate of drug-likeness (QED) is 0.549. The topological polar surface area (TPSA) is 54.5 Å². The first kappa shape index (κ1) is 13.3. The molecule has 0 aliphatic heterocycles. The highest BCUT2D eigenvalue weighted by molar-refractivity contribution is 5.96. The molecular weight excluding hydrogens is 296 g/mol. The van der Waals surface area contributed by atoms with E-state index in [1.165, 1.54) is 0 Å². The highest BCUT2D eigenvalue weighted by Crippen LogP contribution is 2.42. The van der Waals surface area contributed by atoms with Crippen LogP contribution < -0.4 is 0 Å². The molecule has 24 heavy (non-hydrogen) atoms. The first-order chi connectivity index (χ1) is 11.8. The Bertz CT molecular complexity index is 1120. The van der Waals surface area contributed by atoms with Gasteiger partial charge in [-0.3, -0.25) is 4.98 Å². The summed E-state index contributed by atoms with van der Waals surface area (Å²) in [6.45, 7) is 0. The third-order valence-corrected chi connectivity index (χ3v) is 4.64. The highest BCUT2D eigenvalue weighted by atomic mass is 15.1. The number of nitrogens with zero attached hydrogens (tertiary/aromatic N) is 4. The van der Waals surface area contributed by atoms with Gasteiger partial charge in [-0.05, 0) is 36.4 Å². The van der Waals surface area contributed by atoms with E-state index in [1.54, 1.807) is 0 Å². The van der Waals surface area contributed by atoms with Gasteiger partial charge in [0.05, 0.1) is 22.7 Å². The number of rotatable bonds is 2. The molecule has 2 heterocycles. The third kappa shape index (κ3) is 1.92. The van der Waals surface area contributed by atoms with Crippen LogP contribution in [0.25, 0.3) is 33.2 Å². The second kappa shape index (κ2) is 4.90. The van der Waals surface area contributed by atoms with Crippen LogP contribution in [0.5, 0.6) is 0 Å². The van der Waals surface area contributed by atoms with Crippen molar-refractivity contribution in [3.8, 4) is 17.5 Å². The van der Waals surface area contributed by atoms with Crippen LogP contribution in [0.3, 0.4) is 0 Å². The number of aromatic nitrogens is 3. The summed E-state index contributed by atoms with van der Waals surface area (Å²) in [6, 6.07) is 16.7. The average molecular weight is 310 g/mol. The second-order valence-electron chi connectivity index (χ2n) is 6.26. The molecule has 2 aromatic carbocycles. The lowest BCUT2D eigenvalue weighted by atomic mass is 10.1. The summed E-state index contributed by atoms with van der Waals surface area (Å²) in [6.07, 6.45) is 6.10. The van der Waals surface area contributed by atoms with Crippen LogP contribution >= 0.6 is 0 Å². The predicted molar refractivity (Wildman–Crippen MR) is 93.5 cm³/mol. The number of hydrogen-bond acceptors (Lipinski definition) is 3. The molecule has 0 radical (unpaired) electrons. The number of benzene rings is 2. The standard InChI is InChI=1S/C20H14N4/c21-10-13-5-8-18-19(9-13)24(15-6-7-15)20(23-18)17-12-22-11-14-3-1-2-4-16(14)17/h1-5,8-9,11-12,15H,6-7H2. The van der Waals surface area contributed by atoms with E-state index in [0.717, 1.165) is 46.0 Å². The normalized spacial score (nSPS) is 14.1. The zero-order chi connectivity index (χ0) is 16.1. The van der Waals surface area contributed by atoms with Crippen molar-refractivity contribution in [2.45, 2.75) is 18.9 Å². The molecule has 0 bridgehead atoms. The molecule has 0 saturated heterocycles. The maximum atomic E-state index is 9.22. The Hall–Kier alpha value is -3.19. The molecule has 0 unspecified atom stereocenters. The first-order valence-electron chi connectivity index (χ1n) is 8.10. The van der Waals surface area contributed by atoms with Gasteiger partial charge in [0, 0.05) is 29.4 Å². The summed E-state index contributed by atoms with van der Waals surface area (Å²) >= 11 is 0. The third-order valence-electron chi connectivity index (χ3n) is 4.64. The van der Waals surface area contributed by atoms with Crippen LogP contribution in [-0.4, -0.2) is 14.5 Å². The molecule has 1 fully saturated rings. The van der Waals surface area contributed by atoms with Gasteiger partial charge >= 0.3 is 0 Å². The van der Waals surface area contributed by atoms with Crippen molar-refractivity contribution in [3.63, 3.8) is 0 Å². The molecule has 4 nitrogen and oxygen atoms in total. The number of pyridine rings is 1. The van der Waals surface area contributed by atoms with Gasteiger partial charge in [0.25, 0.3) is 0 Å². The lowest BCUT2D eigenvalue weighted by Crippen LogP contribution is -1.98. The molecule has 5 rings (SSSR count). The van der Waals surface area contributed by atoms with E-state index in [2.05, 4.69) is 27.8 Å². The fraction of sp³-hybridized carbons (Fsp3) is 0.150. The van der Waals surface area contributed by atoms with E-state index >= 15 is 0 Å². The van der Waals surface area contributed by atoms with E-state index in [9.17, 15) is 5.26 Å². The van der Waals surface area contributed by atoms with Crippen molar-refractivity contribution in [3.05, 3.63) is 60.4 Å². The Morgan fingerprint density at radius 2 is 1.96 bits per heavy atom. The Kier molecular flexibility index (Phi) is 2.71. The number of fused-ring (bicyclic) bond motifs is 2. The average Bonchev–Trinajstić information content (AvgIpc) is 3.40. The summed E-state index contributed by atoms with van der Waals surface area (Å²) in [7, 11) is 0. The van der Waals surface area contributed by atoms with Crippen molar-refractivity contribution < 1.29 is 0 Å². The fourth-order valence-electron chi connectivity index (χ4n) is 3.35. The summed E-state index contributed by atoms with van der Waals surface area (Å²) in [4.78, 5) is 9.29. The van der Waals surface area contributed by atoms with Crippen LogP contribution in [0.4, 0.5) is 0 Å². The van der Waals surface area contributed by atoms with Crippen LogP contribution in [0, 0.1) is 11.3 Å². The lowest BCUT2D eigenvalue weighted by molar-refractivity contribution is 0.775. The molecule has 0 amide bonds. The molecule has 4 aromatic rings. The zero-order valence-corrected chi connectivity index (χ0v) is 13.0.